The van der Waals surface area contributed by atoms with Gasteiger partial charge in [0, 0.05) is 11.1 Å². The van der Waals surface area contributed by atoms with Gasteiger partial charge in [-0.2, -0.15) is 18.4 Å². The first-order valence-corrected chi connectivity index (χ1v) is 11.9. The van der Waals surface area contributed by atoms with Crippen molar-refractivity contribution < 1.29 is 8.42 Å². The Hall–Kier alpha value is -1.19. The molecule has 0 aliphatic carbocycles. The Balaban J connectivity index is 1.97. The molecule has 0 saturated heterocycles. The average molecular weight is 549 g/mol. The van der Waals surface area contributed by atoms with Crippen molar-refractivity contribution in [2.24, 2.45) is 5.10 Å². The summed E-state index contributed by atoms with van der Waals surface area (Å²) >= 11 is 14.8. The highest BCUT2D eigenvalue weighted by atomic mass is 79.9. The lowest BCUT2D eigenvalue weighted by Gasteiger charge is -2.07. The van der Waals surface area contributed by atoms with Crippen LogP contribution >= 0.6 is 54.8 Å². The van der Waals surface area contributed by atoms with Gasteiger partial charge in [-0.05, 0) is 56.5 Å². The molecule has 0 spiro atoms. The highest BCUT2D eigenvalue weighted by molar-refractivity contribution is 9.12. The Morgan fingerprint density at radius 1 is 1.04 bits per heavy atom. The Kier molecular flexibility index (Phi) is 6.43. The topological polar surface area (TPSA) is 58.5 Å². The molecule has 3 rings (SSSR count). The lowest BCUT2D eigenvalue weighted by Crippen LogP contribution is -2.19. The van der Waals surface area contributed by atoms with E-state index in [1.165, 1.54) is 23.5 Å². The number of rotatable bonds is 5. The van der Waals surface area contributed by atoms with Crippen LogP contribution in [0.25, 0.3) is 11.1 Å². The van der Waals surface area contributed by atoms with Gasteiger partial charge in [-0.25, -0.2) is 0 Å². The second kappa shape index (κ2) is 8.45. The van der Waals surface area contributed by atoms with Crippen LogP contribution < -0.4 is 4.83 Å². The zero-order valence-corrected chi connectivity index (χ0v) is 19.5. The molecule has 0 saturated carbocycles. The van der Waals surface area contributed by atoms with Gasteiger partial charge in [-0.1, -0.05) is 59.6 Å². The lowest BCUT2D eigenvalue weighted by molar-refractivity contribution is 0.584. The van der Waals surface area contributed by atoms with Gasteiger partial charge >= 0.3 is 0 Å². The summed E-state index contributed by atoms with van der Waals surface area (Å²) in [6.45, 7) is 1.88. The molecule has 2 aromatic carbocycles. The third-order valence-corrected chi connectivity index (χ3v) is 7.72. The highest BCUT2D eigenvalue weighted by Crippen LogP contribution is 2.44. The molecular formula is C18H13Br2ClN2O2S2. The van der Waals surface area contributed by atoms with E-state index in [1.54, 1.807) is 12.1 Å². The van der Waals surface area contributed by atoms with Crippen molar-refractivity contribution >= 4 is 70.0 Å². The van der Waals surface area contributed by atoms with Crippen molar-refractivity contribution in [1.82, 2.24) is 4.83 Å². The SMILES string of the molecule is Cc1ccc(S(=O)(=O)N/N=C(\Cl)c2c(Br)sc(Br)c2-c2ccccc2)cc1. The molecule has 0 fully saturated rings. The minimum Gasteiger partial charge on any atom is -0.200 e. The molecule has 1 aromatic heterocycles. The zero-order valence-electron chi connectivity index (χ0n) is 13.9. The van der Waals surface area contributed by atoms with Gasteiger partial charge in [0.05, 0.1) is 12.5 Å². The Morgan fingerprint density at radius 3 is 2.30 bits per heavy atom. The van der Waals surface area contributed by atoms with Gasteiger partial charge < -0.3 is 0 Å². The van der Waals surface area contributed by atoms with Gasteiger partial charge in [0.2, 0.25) is 0 Å². The number of aryl methyl sites for hydroxylation is 1. The molecule has 140 valence electrons. The van der Waals surface area contributed by atoms with Crippen molar-refractivity contribution in [3.05, 3.63) is 73.3 Å². The first-order chi connectivity index (χ1) is 12.8. The van der Waals surface area contributed by atoms with Crippen molar-refractivity contribution in [2.45, 2.75) is 11.8 Å². The lowest BCUT2D eigenvalue weighted by atomic mass is 10.1. The molecule has 0 radical (unpaired) electrons. The molecule has 3 aromatic rings. The average Bonchev–Trinajstić information content (AvgIpc) is 2.95. The summed E-state index contributed by atoms with van der Waals surface area (Å²) < 4.78 is 26.5. The summed E-state index contributed by atoms with van der Waals surface area (Å²) in [5.41, 5.74) is 3.37. The maximum atomic E-state index is 12.4. The van der Waals surface area contributed by atoms with Crippen LogP contribution in [0.3, 0.4) is 0 Å². The summed E-state index contributed by atoms with van der Waals surface area (Å²) in [7, 11) is -3.81. The predicted octanol–water partition coefficient (Wildman–Crippen LogP) is 6.13. The first-order valence-electron chi connectivity index (χ1n) is 7.65. The second-order valence-electron chi connectivity index (χ2n) is 5.58. The normalized spacial score (nSPS) is 12.2. The molecular weight excluding hydrogens is 536 g/mol. The monoisotopic (exact) mass is 546 g/mol. The molecule has 0 atom stereocenters. The van der Waals surface area contributed by atoms with Gasteiger partial charge in [0.1, 0.15) is 0 Å². The van der Waals surface area contributed by atoms with E-state index in [0.29, 0.717) is 5.56 Å². The highest BCUT2D eigenvalue weighted by Gasteiger charge is 2.21. The van der Waals surface area contributed by atoms with E-state index in [0.717, 1.165) is 24.3 Å². The molecule has 9 heteroatoms. The number of hydrazone groups is 1. The number of nitrogens with one attached hydrogen (secondary N) is 1. The minimum absolute atomic E-state index is 0.0402. The molecule has 1 heterocycles. The van der Waals surface area contributed by atoms with Crippen LogP contribution in [0.15, 0.2) is 72.2 Å². The smallest absolute Gasteiger partial charge is 0.200 e. The molecule has 0 unspecified atom stereocenters. The Labute approximate surface area is 183 Å². The summed E-state index contributed by atoms with van der Waals surface area (Å²) in [5, 5.41) is 3.97. The van der Waals surface area contributed by atoms with Gasteiger partial charge in [-0.3, -0.25) is 0 Å². The maximum Gasteiger partial charge on any atom is 0.276 e. The molecule has 0 aliphatic heterocycles. The number of sulfonamides is 1. The summed E-state index contributed by atoms with van der Waals surface area (Å²) in [5.74, 6) is 0. The zero-order chi connectivity index (χ0) is 19.6. The fourth-order valence-electron chi connectivity index (χ4n) is 2.35. The van der Waals surface area contributed by atoms with Gasteiger partial charge in [-0.15, -0.1) is 11.3 Å². The van der Waals surface area contributed by atoms with Crippen molar-refractivity contribution in [3.63, 3.8) is 0 Å². The number of thiophene rings is 1. The third kappa shape index (κ3) is 4.63. The molecule has 0 bridgehead atoms. The largest absolute Gasteiger partial charge is 0.276 e. The van der Waals surface area contributed by atoms with E-state index in [4.69, 9.17) is 11.6 Å². The van der Waals surface area contributed by atoms with Crippen LogP contribution in [0.1, 0.15) is 11.1 Å². The molecule has 1 N–H and O–H groups in total. The van der Waals surface area contributed by atoms with E-state index in [-0.39, 0.29) is 10.1 Å². The van der Waals surface area contributed by atoms with Crippen LogP contribution in [0, 0.1) is 6.92 Å². The van der Waals surface area contributed by atoms with E-state index in [9.17, 15) is 8.42 Å². The number of halogens is 3. The second-order valence-corrected chi connectivity index (χ2v) is 11.3. The summed E-state index contributed by atoms with van der Waals surface area (Å²) in [6, 6.07) is 16.1. The van der Waals surface area contributed by atoms with Crippen LogP contribution in [-0.2, 0) is 10.0 Å². The Bertz CT molecular complexity index is 1100. The molecule has 27 heavy (non-hydrogen) atoms. The number of nitrogens with zero attached hydrogens (tertiary/aromatic N) is 1. The fraction of sp³-hybridized carbons (Fsp3) is 0.0556. The van der Waals surface area contributed by atoms with Crippen molar-refractivity contribution in [3.8, 4) is 11.1 Å². The van der Waals surface area contributed by atoms with E-state index in [1.807, 2.05) is 37.3 Å². The van der Waals surface area contributed by atoms with E-state index < -0.39 is 10.0 Å². The van der Waals surface area contributed by atoms with Crippen LogP contribution in [0.5, 0.6) is 0 Å². The van der Waals surface area contributed by atoms with Gasteiger partial charge in [0.15, 0.2) is 5.17 Å². The fourth-order valence-corrected chi connectivity index (χ4v) is 6.83. The first kappa shape index (κ1) is 20.5. The number of hydrogen-bond donors (Lipinski definition) is 1. The quantitative estimate of drug-likeness (QED) is 0.308. The summed E-state index contributed by atoms with van der Waals surface area (Å²) in [6.07, 6.45) is 0. The molecule has 4 nitrogen and oxygen atoms in total. The standard InChI is InChI=1S/C18H13Br2ClN2O2S2/c1-11-7-9-13(10-8-11)27(24,25)23-22-18(21)15-14(16(19)26-17(15)20)12-5-3-2-4-6-12/h2-10,23H,1H3/b22-18-. The predicted molar refractivity (Wildman–Crippen MR) is 119 cm³/mol. The summed E-state index contributed by atoms with van der Waals surface area (Å²) in [4.78, 5) is 2.33. The minimum atomic E-state index is -3.81. The third-order valence-electron chi connectivity index (χ3n) is 3.69. The van der Waals surface area contributed by atoms with Gasteiger partial charge in [0.25, 0.3) is 10.0 Å². The number of hydrogen-bond acceptors (Lipinski definition) is 4. The van der Waals surface area contributed by atoms with Crippen molar-refractivity contribution in [1.29, 1.82) is 0 Å². The maximum absolute atomic E-state index is 12.4. The molecule has 0 amide bonds. The van der Waals surface area contributed by atoms with Crippen LogP contribution in [0.2, 0.25) is 0 Å². The van der Waals surface area contributed by atoms with E-state index in [2.05, 4.69) is 41.8 Å². The van der Waals surface area contributed by atoms with Crippen LogP contribution in [-0.4, -0.2) is 13.6 Å². The molecule has 0 aliphatic rings. The van der Waals surface area contributed by atoms with Crippen LogP contribution in [0.4, 0.5) is 0 Å². The number of benzene rings is 2. The van der Waals surface area contributed by atoms with E-state index >= 15 is 0 Å². The van der Waals surface area contributed by atoms with Crippen molar-refractivity contribution in [2.75, 3.05) is 0 Å². The Morgan fingerprint density at radius 2 is 1.67 bits per heavy atom.